The Bertz CT molecular complexity index is 476. The Hall–Kier alpha value is -1.41. The molecule has 0 saturated carbocycles. The maximum absolute atomic E-state index is 11.9. The summed E-state index contributed by atoms with van der Waals surface area (Å²) < 4.78 is 34.5. The van der Waals surface area contributed by atoms with Crippen molar-refractivity contribution >= 4 is 9.84 Å². The molecular weight excluding hydrogens is 217 g/mol. The van der Waals surface area contributed by atoms with E-state index in [1.807, 2.05) is 6.07 Å². The van der Waals surface area contributed by atoms with Crippen molar-refractivity contribution in [2.24, 2.45) is 0 Å². The lowest BCUT2D eigenvalue weighted by atomic mass is 10.2. The standard InChI is InChI=1S/C10H10FNO2S/c11-4-5-15(13,14)8-10-3-1-2-9(6-10)7-12/h1-3,6H,4-5,8H2. The van der Waals surface area contributed by atoms with E-state index in [2.05, 4.69) is 0 Å². The summed E-state index contributed by atoms with van der Waals surface area (Å²) >= 11 is 0. The van der Waals surface area contributed by atoms with Crippen LogP contribution in [0.25, 0.3) is 0 Å². The number of nitriles is 1. The first-order valence-corrected chi connectivity index (χ1v) is 6.15. The molecule has 0 aromatic heterocycles. The summed E-state index contributed by atoms with van der Waals surface area (Å²) in [6.45, 7) is -0.875. The number of hydrogen-bond acceptors (Lipinski definition) is 3. The Kier molecular flexibility index (Phi) is 3.81. The molecule has 1 rings (SSSR count). The topological polar surface area (TPSA) is 57.9 Å². The van der Waals surface area contributed by atoms with Crippen molar-refractivity contribution in [3.63, 3.8) is 0 Å². The molecule has 0 fully saturated rings. The van der Waals surface area contributed by atoms with Gasteiger partial charge in [0.15, 0.2) is 9.84 Å². The van der Waals surface area contributed by atoms with E-state index in [0.717, 1.165) is 0 Å². The lowest BCUT2D eigenvalue weighted by molar-refractivity contribution is 0.517. The van der Waals surface area contributed by atoms with Crippen LogP contribution in [-0.4, -0.2) is 20.8 Å². The summed E-state index contributed by atoms with van der Waals surface area (Å²) in [7, 11) is -3.39. The molecule has 1 aromatic carbocycles. The molecule has 0 unspecified atom stereocenters. The Morgan fingerprint density at radius 1 is 1.40 bits per heavy atom. The van der Waals surface area contributed by atoms with Gasteiger partial charge in [0.1, 0.15) is 6.67 Å². The summed E-state index contributed by atoms with van der Waals surface area (Å²) in [5, 5.41) is 8.60. The average molecular weight is 227 g/mol. The van der Waals surface area contributed by atoms with Gasteiger partial charge in [0.05, 0.1) is 23.1 Å². The molecular formula is C10H10FNO2S. The lowest BCUT2D eigenvalue weighted by Gasteiger charge is -2.02. The van der Waals surface area contributed by atoms with E-state index in [0.29, 0.717) is 11.1 Å². The molecule has 0 atom stereocenters. The molecule has 0 heterocycles. The van der Waals surface area contributed by atoms with Crippen LogP contribution in [0.5, 0.6) is 0 Å². The van der Waals surface area contributed by atoms with Crippen LogP contribution in [0.2, 0.25) is 0 Å². The van der Waals surface area contributed by atoms with Gasteiger partial charge in [-0.3, -0.25) is 0 Å². The third-order valence-electron chi connectivity index (χ3n) is 1.83. The number of sulfone groups is 1. The van der Waals surface area contributed by atoms with Crippen molar-refractivity contribution in [2.75, 3.05) is 12.4 Å². The zero-order valence-corrected chi connectivity index (χ0v) is 8.80. The van der Waals surface area contributed by atoms with Gasteiger partial charge in [-0.25, -0.2) is 12.8 Å². The third kappa shape index (κ3) is 3.68. The molecule has 0 saturated heterocycles. The van der Waals surface area contributed by atoms with Crippen LogP contribution in [-0.2, 0) is 15.6 Å². The largest absolute Gasteiger partial charge is 0.250 e. The molecule has 15 heavy (non-hydrogen) atoms. The fourth-order valence-electron chi connectivity index (χ4n) is 1.17. The Labute approximate surface area is 88.1 Å². The van der Waals surface area contributed by atoms with Gasteiger partial charge in [-0.15, -0.1) is 0 Å². The number of halogens is 1. The van der Waals surface area contributed by atoms with Gasteiger partial charge in [-0.1, -0.05) is 12.1 Å². The minimum Gasteiger partial charge on any atom is -0.250 e. The van der Waals surface area contributed by atoms with E-state index in [9.17, 15) is 12.8 Å². The predicted octanol–water partition coefficient (Wildman–Crippen LogP) is 1.44. The van der Waals surface area contributed by atoms with Gasteiger partial charge in [0.25, 0.3) is 0 Å². The van der Waals surface area contributed by atoms with Crippen LogP contribution in [0.4, 0.5) is 4.39 Å². The minimum absolute atomic E-state index is 0.216. The van der Waals surface area contributed by atoms with Gasteiger partial charge in [-0.2, -0.15) is 5.26 Å². The fraction of sp³-hybridized carbons (Fsp3) is 0.300. The molecule has 0 aliphatic carbocycles. The van der Waals surface area contributed by atoms with E-state index < -0.39 is 22.3 Å². The highest BCUT2D eigenvalue weighted by molar-refractivity contribution is 7.90. The van der Waals surface area contributed by atoms with Crippen molar-refractivity contribution in [2.45, 2.75) is 5.75 Å². The van der Waals surface area contributed by atoms with Crippen LogP contribution in [0, 0.1) is 11.3 Å². The molecule has 0 bridgehead atoms. The summed E-state index contributed by atoms with van der Waals surface area (Å²) in [4.78, 5) is 0. The number of nitrogens with zero attached hydrogens (tertiary/aromatic N) is 1. The molecule has 0 spiro atoms. The summed E-state index contributed by atoms with van der Waals surface area (Å²) in [6.07, 6.45) is 0. The van der Waals surface area contributed by atoms with Crippen LogP contribution < -0.4 is 0 Å². The quantitative estimate of drug-likeness (QED) is 0.782. The first-order valence-electron chi connectivity index (χ1n) is 4.33. The molecule has 80 valence electrons. The van der Waals surface area contributed by atoms with Crippen molar-refractivity contribution in [3.8, 4) is 6.07 Å². The molecule has 0 N–H and O–H groups in total. The molecule has 3 nitrogen and oxygen atoms in total. The van der Waals surface area contributed by atoms with Crippen molar-refractivity contribution < 1.29 is 12.8 Å². The second-order valence-corrected chi connectivity index (χ2v) is 5.28. The van der Waals surface area contributed by atoms with Crippen LogP contribution in [0.15, 0.2) is 24.3 Å². The molecule has 0 aliphatic rings. The van der Waals surface area contributed by atoms with E-state index >= 15 is 0 Å². The zero-order valence-electron chi connectivity index (χ0n) is 7.98. The summed E-state index contributed by atoms with van der Waals surface area (Å²) in [6, 6.07) is 8.22. The second kappa shape index (κ2) is 4.89. The van der Waals surface area contributed by atoms with Gasteiger partial charge >= 0.3 is 0 Å². The Morgan fingerprint density at radius 3 is 2.73 bits per heavy atom. The molecule has 0 aliphatic heterocycles. The van der Waals surface area contributed by atoms with Crippen LogP contribution >= 0.6 is 0 Å². The molecule has 0 radical (unpaired) electrons. The molecule has 5 heteroatoms. The summed E-state index contributed by atoms with van der Waals surface area (Å²) in [5.74, 6) is -0.684. The van der Waals surface area contributed by atoms with Gasteiger partial charge in [0.2, 0.25) is 0 Å². The summed E-state index contributed by atoms with van der Waals surface area (Å²) in [5.41, 5.74) is 0.922. The first-order chi connectivity index (χ1) is 7.07. The highest BCUT2D eigenvalue weighted by Gasteiger charge is 2.11. The maximum atomic E-state index is 11.9. The highest BCUT2D eigenvalue weighted by atomic mass is 32.2. The van der Waals surface area contributed by atoms with E-state index in [-0.39, 0.29) is 5.75 Å². The number of benzene rings is 1. The monoisotopic (exact) mass is 227 g/mol. The van der Waals surface area contributed by atoms with Gasteiger partial charge < -0.3 is 0 Å². The number of alkyl halides is 1. The van der Waals surface area contributed by atoms with Crippen molar-refractivity contribution in [1.82, 2.24) is 0 Å². The van der Waals surface area contributed by atoms with Crippen molar-refractivity contribution in [3.05, 3.63) is 35.4 Å². The van der Waals surface area contributed by atoms with E-state index in [1.165, 1.54) is 6.07 Å². The van der Waals surface area contributed by atoms with Crippen LogP contribution in [0.1, 0.15) is 11.1 Å². The number of hydrogen-bond donors (Lipinski definition) is 0. The minimum atomic E-state index is -3.39. The van der Waals surface area contributed by atoms with Gasteiger partial charge in [-0.05, 0) is 17.7 Å². The Morgan fingerprint density at radius 2 is 2.13 bits per heavy atom. The average Bonchev–Trinajstić information content (AvgIpc) is 2.17. The number of rotatable bonds is 4. The molecule has 0 amide bonds. The first kappa shape index (κ1) is 11.7. The highest BCUT2D eigenvalue weighted by Crippen LogP contribution is 2.09. The zero-order chi connectivity index (χ0) is 11.3. The molecule has 1 aromatic rings. The second-order valence-electron chi connectivity index (χ2n) is 3.09. The predicted molar refractivity (Wildman–Crippen MR) is 54.6 cm³/mol. The van der Waals surface area contributed by atoms with E-state index in [4.69, 9.17) is 5.26 Å². The maximum Gasteiger partial charge on any atom is 0.157 e. The Balaban J connectivity index is 2.86. The van der Waals surface area contributed by atoms with E-state index in [1.54, 1.807) is 18.2 Å². The van der Waals surface area contributed by atoms with Crippen LogP contribution in [0.3, 0.4) is 0 Å². The fourth-order valence-corrected chi connectivity index (χ4v) is 2.24. The SMILES string of the molecule is N#Cc1cccc(CS(=O)(=O)CCF)c1. The normalized spacial score (nSPS) is 10.9. The lowest BCUT2D eigenvalue weighted by Crippen LogP contribution is -2.10. The third-order valence-corrected chi connectivity index (χ3v) is 3.38. The van der Waals surface area contributed by atoms with Gasteiger partial charge in [0, 0.05) is 0 Å². The van der Waals surface area contributed by atoms with Crippen molar-refractivity contribution in [1.29, 1.82) is 5.26 Å². The smallest absolute Gasteiger partial charge is 0.157 e.